The number of carboxylic acids is 1. The number of carboxylic acid groups (broad SMARTS) is 1. The van der Waals surface area contributed by atoms with Gasteiger partial charge in [-0.15, -0.1) is 0 Å². The average molecular weight is 580 g/mol. The first-order valence-corrected chi connectivity index (χ1v) is 6.82. The molecule has 0 radical (unpaired) electrons. The van der Waals surface area contributed by atoms with Gasteiger partial charge in [-0.05, 0) is 37.6 Å². The fourth-order valence-electron chi connectivity index (χ4n) is 1.89. The number of rotatable bonds is 4. The molecular formula is C15H17ClFmN3O3-. The summed E-state index contributed by atoms with van der Waals surface area (Å²) in [6.07, 6.45) is 1.22. The molecule has 0 atom stereocenters. The van der Waals surface area contributed by atoms with E-state index in [4.69, 9.17) is 16.7 Å². The molecule has 0 aliphatic carbocycles. The van der Waals surface area contributed by atoms with Crippen molar-refractivity contribution in [2.45, 2.75) is 13.8 Å². The number of hydrogen-bond donors (Lipinski definition) is 2. The molecule has 130 valence electrons. The van der Waals surface area contributed by atoms with Crippen LogP contribution >= 0.6 is 11.6 Å². The van der Waals surface area contributed by atoms with Gasteiger partial charge >= 0.3 is 5.97 Å². The van der Waals surface area contributed by atoms with Crippen LogP contribution in [0.15, 0.2) is 24.3 Å². The molecular weight excluding hydrogens is 563 g/mol. The molecule has 2 aromatic rings. The molecule has 0 spiro atoms. The third kappa shape index (κ3) is 5.89. The van der Waals surface area contributed by atoms with Crippen molar-refractivity contribution in [3.05, 3.63) is 40.5 Å². The molecule has 0 aliphatic rings. The summed E-state index contributed by atoms with van der Waals surface area (Å²) in [4.78, 5) is 18.7. The van der Waals surface area contributed by atoms with Crippen molar-refractivity contribution < 1.29 is 14.7 Å². The molecule has 0 bridgehead atoms. The Morgan fingerprint density at radius 1 is 1.39 bits per heavy atom. The summed E-state index contributed by atoms with van der Waals surface area (Å²) in [5.41, 5.74) is 4.51. The number of aromatic nitrogens is 2. The molecule has 0 unspecified atom stereocenters. The van der Waals surface area contributed by atoms with Gasteiger partial charge in [-0.1, -0.05) is 17.7 Å². The Balaban J connectivity index is 0.000000522. The third-order valence-electron chi connectivity index (χ3n) is 2.78. The van der Waals surface area contributed by atoms with Gasteiger partial charge in [0, 0.05) is 17.6 Å². The quantitative estimate of drug-likeness (QED) is 0.429. The van der Waals surface area contributed by atoms with Crippen LogP contribution < -0.4 is 5.32 Å². The molecule has 2 rings (SSSR count). The number of carbonyl (C=O) groups is 1. The Bertz CT molecular complexity index is 674. The maximum Gasteiger partial charge on any atom is 0.320 e. The Morgan fingerprint density at radius 2 is 2.04 bits per heavy atom. The van der Waals surface area contributed by atoms with Gasteiger partial charge in [0.25, 0.3) is 0 Å². The minimum atomic E-state index is -1.07. The number of nitrogens with zero attached hydrogens (tertiary/aromatic N) is 2. The maximum atomic E-state index is 9.52. The molecule has 1 aromatic carbocycles. The van der Waals surface area contributed by atoms with Gasteiger partial charge in [0.2, 0.25) is 0 Å². The van der Waals surface area contributed by atoms with Crippen LogP contribution in [0.4, 0.5) is 0 Å². The second-order valence-corrected chi connectivity index (χ2v) is 5.04. The Labute approximate surface area is 133 Å². The van der Waals surface area contributed by atoms with Gasteiger partial charge < -0.3 is 15.2 Å². The van der Waals surface area contributed by atoms with Crippen molar-refractivity contribution in [3.8, 4) is 11.3 Å². The van der Waals surface area contributed by atoms with E-state index >= 15 is 0 Å². The number of hydrogen-bond acceptors (Lipinski definition) is 3. The van der Waals surface area contributed by atoms with Crippen LogP contribution in [0, 0.1) is 13.8 Å². The monoisotopic (exact) mass is 579 g/mol. The van der Waals surface area contributed by atoms with Crippen LogP contribution in [-0.2, 0) is 16.6 Å². The molecule has 0 saturated heterocycles. The summed E-state index contributed by atoms with van der Waals surface area (Å²) in [5, 5.41) is 14.8. The fraction of sp³-hybridized carbons (Fsp3) is 0.267. The van der Waals surface area contributed by atoms with Crippen LogP contribution in [0.1, 0.15) is 11.3 Å². The first-order valence-electron chi connectivity index (χ1n) is 6.44. The molecule has 23 heavy (non-hydrogen) atoms. The van der Waals surface area contributed by atoms with Crippen molar-refractivity contribution in [2.75, 3.05) is 6.54 Å². The summed E-state index contributed by atoms with van der Waals surface area (Å²) in [7, 11) is 1.95. The van der Waals surface area contributed by atoms with Gasteiger partial charge in [-0.2, -0.15) is 11.5 Å². The Hall–Kier alpha value is -3.34. The van der Waals surface area contributed by atoms with Gasteiger partial charge in [-0.3, -0.25) is 9.48 Å². The molecule has 0 fully saturated rings. The number of nitrogens with one attached hydrogen (secondary N) is 1. The second-order valence-electron chi connectivity index (χ2n) is 4.60. The molecule has 2 N–H and O–H groups in total. The summed E-state index contributed by atoms with van der Waals surface area (Å²) in [6, 6.07) is 8.00. The van der Waals surface area contributed by atoms with Crippen LogP contribution in [0.2, 0.25) is 5.02 Å². The summed E-state index contributed by atoms with van der Waals surface area (Å²) in [6.45, 7) is 3.70. The summed E-state index contributed by atoms with van der Waals surface area (Å²) < 4.78 is 1.89. The zero-order valence-electron chi connectivity index (χ0n) is 12.8. The van der Waals surface area contributed by atoms with Crippen molar-refractivity contribution in [1.82, 2.24) is 15.1 Å². The van der Waals surface area contributed by atoms with E-state index in [-0.39, 0.29) is 6.54 Å². The second kappa shape index (κ2) is 8.84. The largest absolute Gasteiger partial charge is 0.521 e. The normalized spacial score (nSPS) is 9.22. The Morgan fingerprint density at radius 3 is 2.43 bits per heavy atom. The zero-order valence-corrected chi connectivity index (χ0v) is 16.0. The first-order chi connectivity index (χ1) is 10.3. The number of amides is 1. The van der Waals surface area contributed by atoms with Crippen molar-refractivity contribution in [2.24, 2.45) is 7.05 Å². The number of aliphatic carboxylic acids is 1. The molecule has 1 aromatic heterocycles. The predicted octanol–water partition coefficient (Wildman–Crippen LogP) is 2.09. The van der Waals surface area contributed by atoms with Crippen molar-refractivity contribution >= 4 is 24.0 Å². The first kappa shape index (κ1) is 19.7. The third-order valence-corrected chi connectivity index (χ3v) is 3.01. The predicted molar refractivity (Wildman–Crippen MR) is 84.5 cm³/mol. The standard InChI is InChI=1S/C12H13ClN2.C3H4NO3.Fm/c1-8-6-10(13)4-5-11(8)12-7-9(2)14-15(12)3;5-2-4-1-3(6)7;/h4-7H,1-3H3;1H2,(H,4,5)(H,6,7);/q;-1;. The van der Waals surface area contributed by atoms with E-state index in [1.807, 2.05) is 42.2 Å². The van der Waals surface area contributed by atoms with Crippen LogP contribution in [0.25, 0.3) is 11.3 Å². The minimum absolute atomic E-state index is 0. The molecule has 0 saturated carbocycles. The molecule has 1 heterocycles. The van der Waals surface area contributed by atoms with Crippen molar-refractivity contribution in [3.63, 3.8) is 0 Å². The molecule has 6 nitrogen and oxygen atoms in total. The minimum Gasteiger partial charge on any atom is -0.521 e. The average Bonchev–Trinajstić information content (AvgIpc) is 2.76. The van der Waals surface area contributed by atoms with E-state index in [2.05, 4.69) is 18.1 Å². The van der Waals surface area contributed by atoms with Gasteiger partial charge in [-0.25, -0.2) is 0 Å². The van der Waals surface area contributed by atoms with E-state index in [1.165, 1.54) is 17.5 Å². The maximum absolute atomic E-state index is 9.52. The van der Waals surface area contributed by atoms with Gasteiger partial charge in [0.15, 0.2) is 0 Å². The van der Waals surface area contributed by atoms with E-state index in [1.54, 1.807) is 0 Å². The van der Waals surface area contributed by atoms with E-state index in [0.29, 0.717) is 0 Å². The van der Waals surface area contributed by atoms with Crippen LogP contribution in [-0.4, -0.2) is 33.8 Å². The number of carbonyl (C=O) groups excluding carboxylic acids is 1. The van der Waals surface area contributed by atoms with Crippen molar-refractivity contribution in [1.29, 1.82) is 0 Å². The molecule has 0 aliphatic heterocycles. The van der Waals surface area contributed by atoms with E-state index < -0.39 is 5.97 Å². The Kier molecular flexibility index (Phi) is 7.56. The number of aryl methyl sites for hydroxylation is 3. The smallest absolute Gasteiger partial charge is 0.320 e. The summed E-state index contributed by atoms with van der Waals surface area (Å²) >= 11 is 5.93. The number of halogens is 1. The molecule has 8 heteroatoms. The van der Waals surface area contributed by atoms with Gasteiger partial charge in [0.05, 0.1) is 17.9 Å². The zero-order chi connectivity index (χ0) is 16.7. The fourth-order valence-corrected chi connectivity index (χ4v) is 2.12. The van der Waals surface area contributed by atoms with Crippen LogP contribution in [0.5, 0.6) is 0 Å². The topological polar surface area (TPSA) is 84.2 Å². The van der Waals surface area contributed by atoms with Gasteiger partial charge in [0.1, 0.15) is 0 Å². The summed E-state index contributed by atoms with van der Waals surface area (Å²) in [5.74, 6) is -1.07. The van der Waals surface area contributed by atoms with Crippen LogP contribution in [0.3, 0.4) is 0 Å². The SMILES string of the molecule is Cc1cc(-c2ccc(Cl)cc2C)n(C)n1.O=[C-]NCC(=O)O.[Fm]. The molecule has 1 amide bonds. The number of benzene rings is 1. The van der Waals surface area contributed by atoms with E-state index in [9.17, 15) is 9.59 Å². The van der Waals surface area contributed by atoms with E-state index in [0.717, 1.165) is 16.4 Å².